The van der Waals surface area contributed by atoms with Crippen molar-refractivity contribution < 1.29 is 18.1 Å². The fourth-order valence-electron chi connectivity index (χ4n) is 0.607. The predicted octanol–water partition coefficient (Wildman–Crippen LogP) is 2.47. The van der Waals surface area contributed by atoms with Crippen LogP contribution in [0.5, 0.6) is 0 Å². The van der Waals surface area contributed by atoms with Crippen LogP contribution in [0, 0.1) is 0 Å². The van der Waals surface area contributed by atoms with Crippen molar-refractivity contribution in [1.82, 2.24) is 0 Å². The van der Waals surface area contributed by atoms with Gasteiger partial charge in [-0.15, -0.1) is 0 Å². The molecule has 0 aliphatic heterocycles. The molecule has 0 fully saturated rings. The molecule has 0 spiro atoms. The number of benzene rings is 1. The molecule has 2 N–H and O–H groups in total. The van der Waals surface area contributed by atoms with Gasteiger partial charge in [-0.25, -0.2) is 0 Å². The molecule has 0 heterocycles. The molecule has 0 aliphatic rings. The highest BCUT2D eigenvalue weighted by atomic mass is 79.9. The summed E-state index contributed by atoms with van der Waals surface area (Å²) in [5.41, 5.74) is 0. The van der Waals surface area contributed by atoms with Crippen molar-refractivity contribution in [1.29, 1.82) is 0 Å². The van der Waals surface area contributed by atoms with Gasteiger partial charge >= 0.3 is 0 Å². The van der Waals surface area contributed by atoms with E-state index in [0.717, 1.165) is 10.9 Å². The van der Waals surface area contributed by atoms with Crippen molar-refractivity contribution in [3.05, 3.63) is 28.7 Å². The van der Waals surface area contributed by atoms with E-state index in [1.165, 1.54) is 12.1 Å². The average Bonchev–Trinajstić information content (AvgIpc) is 2.18. The molecule has 1 rings (SSSR count). The summed E-state index contributed by atoms with van der Waals surface area (Å²) in [5.74, 6) is 0. The maximum absolute atomic E-state index is 10.5. The Hall–Kier alpha value is -0.430. The normalized spacial score (nSPS) is 12.6. The highest BCUT2D eigenvalue weighted by Crippen LogP contribution is 2.13. The Bertz CT molecular complexity index is 397. The van der Waals surface area contributed by atoms with Crippen LogP contribution in [0.4, 0.5) is 0 Å². The summed E-state index contributed by atoms with van der Waals surface area (Å²) in [7, 11) is -4.04. The van der Waals surface area contributed by atoms with E-state index < -0.39 is 10.1 Å². The Labute approximate surface area is 104 Å². The molecule has 4 nitrogen and oxygen atoms in total. The van der Waals surface area contributed by atoms with E-state index >= 15 is 0 Å². The SMILES string of the molecule is CCC(C)O.O=S(=O)(O)c1ccc(Br)cc1. The highest BCUT2D eigenvalue weighted by Gasteiger charge is 2.07. The Morgan fingerprint density at radius 2 is 1.69 bits per heavy atom. The third-order valence-corrected chi connectivity index (χ3v) is 3.10. The summed E-state index contributed by atoms with van der Waals surface area (Å²) in [4.78, 5) is -0.0966. The monoisotopic (exact) mass is 310 g/mol. The molecular weight excluding hydrogens is 296 g/mol. The summed E-state index contributed by atoms with van der Waals surface area (Å²) in [6, 6.07) is 5.73. The maximum atomic E-state index is 10.5. The first-order valence-corrected chi connectivity index (χ1v) is 6.91. The third-order valence-electron chi connectivity index (χ3n) is 1.70. The Kier molecular flexibility index (Phi) is 6.82. The molecule has 0 radical (unpaired) electrons. The van der Waals surface area contributed by atoms with Crippen LogP contribution in [-0.4, -0.2) is 24.2 Å². The van der Waals surface area contributed by atoms with Gasteiger partial charge in [-0.1, -0.05) is 22.9 Å². The average molecular weight is 311 g/mol. The van der Waals surface area contributed by atoms with Gasteiger partial charge in [0.15, 0.2) is 0 Å². The lowest BCUT2D eigenvalue weighted by atomic mass is 10.3. The number of hydrogen-bond donors (Lipinski definition) is 2. The van der Waals surface area contributed by atoms with Crippen LogP contribution in [0.15, 0.2) is 33.6 Å². The summed E-state index contributed by atoms with van der Waals surface area (Å²) in [6.07, 6.45) is 0.745. The molecule has 92 valence electrons. The predicted molar refractivity (Wildman–Crippen MR) is 65.9 cm³/mol. The van der Waals surface area contributed by atoms with E-state index in [9.17, 15) is 8.42 Å². The van der Waals surface area contributed by atoms with Gasteiger partial charge in [0.1, 0.15) is 0 Å². The van der Waals surface area contributed by atoms with Crippen LogP contribution >= 0.6 is 15.9 Å². The zero-order chi connectivity index (χ0) is 12.8. The second kappa shape index (κ2) is 7.01. The Balaban J connectivity index is 0.000000385. The minimum absolute atomic E-state index is 0.0966. The molecule has 0 amide bonds. The number of halogens is 1. The van der Waals surface area contributed by atoms with Crippen molar-refractivity contribution in [2.24, 2.45) is 0 Å². The van der Waals surface area contributed by atoms with Crippen molar-refractivity contribution in [3.8, 4) is 0 Å². The molecule has 1 atom stereocenters. The van der Waals surface area contributed by atoms with E-state index in [4.69, 9.17) is 9.66 Å². The van der Waals surface area contributed by atoms with Gasteiger partial charge in [-0.3, -0.25) is 4.55 Å². The van der Waals surface area contributed by atoms with Crippen LogP contribution < -0.4 is 0 Å². The molecule has 0 aliphatic carbocycles. The van der Waals surface area contributed by atoms with E-state index in [0.29, 0.717) is 0 Å². The number of rotatable bonds is 2. The van der Waals surface area contributed by atoms with Crippen LogP contribution in [-0.2, 0) is 10.1 Å². The summed E-state index contributed by atoms with van der Waals surface area (Å²) in [5, 5.41) is 8.36. The molecule has 0 aromatic heterocycles. The third kappa shape index (κ3) is 6.95. The quantitative estimate of drug-likeness (QED) is 0.823. The Morgan fingerprint density at radius 1 is 1.31 bits per heavy atom. The van der Waals surface area contributed by atoms with Crippen molar-refractivity contribution in [2.45, 2.75) is 31.3 Å². The fourth-order valence-corrected chi connectivity index (χ4v) is 1.35. The van der Waals surface area contributed by atoms with Crippen LogP contribution in [0.1, 0.15) is 20.3 Å². The van der Waals surface area contributed by atoms with Crippen LogP contribution in [0.2, 0.25) is 0 Å². The summed E-state index contributed by atoms with van der Waals surface area (Å²) >= 11 is 3.14. The van der Waals surface area contributed by atoms with Crippen LogP contribution in [0.25, 0.3) is 0 Å². The van der Waals surface area contributed by atoms with E-state index in [1.807, 2.05) is 6.92 Å². The van der Waals surface area contributed by atoms with Gasteiger partial charge in [0.25, 0.3) is 10.1 Å². The van der Waals surface area contributed by atoms with Gasteiger partial charge in [0, 0.05) is 4.47 Å². The second-order valence-electron chi connectivity index (χ2n) is 3.19. The largest absolute Gasteiger partial charge is 0.393 e. The van der Waals surface area contributed by atoms with Gasteiger partial charge in [-0.2, -0.15) is 8.42 Å². The summed E-state index contributed by atoms with van der Waals surface area (Å²) in [6.45, 7) is 3.73. The summed E-state index contributed by atoms with van der Waals surface area (Å²) < 4.78 is 30.3. The minimum atomic E-state index is -4.04. The first-order chi connectivity index (χ1) is 7.27. The molecule has 1 unspecified atom stereocenters. The molecule has 0 saturated heterocycles. The number of hydrogen-bond acceptors (Lipinski definition) is 3. The number of aliphatic hydroxyl groups is 1. The maximum Gasteiger partial charge on any atom is 0.294 e. The smallest absolute Gasteiger partial charge is 0.294 e. The van der Waals surface area contributed by atoms with E-state index in [-0.39, 0.29) is 11.0 Å². The lowest BCUT2D eigenvalue weighted by molar-refractivity contribution is 0.191. The second-order valence-corrected chi connectivity index (χ2v) is 5.52. The first-order valence-electron chi connectivity index (χ1n) is 4.68. The van der Waals surface area contributed by atoms with E-state index in [1.54, 1.807) is 19.1 Å². The lowest BCUT2D eigenvalue weighted by Gasteiger charge is -1.94. The fraction of sp³-hybridized carbons (Fsp3) is 0.400. The molecule has 0 saturated carbocycles. The minimum Gasteiger partial charge on any atom is -0.393 e. The highest BCUT2D eigenvalue weighted by molar-refractivity contribution is 9.10. The first kappa shape index (κ1) is 15.6. The molecular formula is C10H15BrO4S. The van der Waals surface area contributed by atoms with Crippen molar-refractivity contribution >= 4 is 26.0 Å². The van der Waals surface area contributed by atoms with Gasteiger partial charge in [0.05, 0.1) is 11.0 Å². The number of aliphatic hydroxyl groups excluding tert-OH is 1. The topological polar surface area (TPSA) is 74.6 Å². The molecule has 16 heavy (non-hydrogen) atoms. The molecule has 1 aromatic rings. The van der Waals surface area contributed by atoms with Crippen molar-refractivity contribution in [2.75, 3.05) is 0 Å². The van der Waals surface area contributed by atoms with Gasteiger partial charge in [0.2, 0.25) is 0 Å². The van der Waals surface area contributed by atoms with Crippen LogP contribution in [0.3, 0.4) is 0 Å². The Morgan fingerprint density at radius 3 is 1.94 bits per heavy atom. The molecule has 6 heteroatoms. The van der Waals surface area contributed by atoms with Crippen molar-refractivity contribution in [3.63, 3.8) is 0 Å². The van der Waals surface area contributed by atoms with E-state index in [2.05, 4.69) is 15.9 Å². The lowest BCUT2D eigenvalue weighted by Crippen LogP contribution is -1.96. The molecule has 1 aromatic carbocycles. The standard InChI is InChI=1S/C6H5BrO3S.C4H10O/c7-5-1-3-6(4-2-5)11(8,9)10;1-3-4(2)5/h1-4H,(H,8,9,10);4-5H,3H2,1-2H3. The molecule has 0 bridgehead atoms. The zero-order valence-corrected chi connectivity index (χ0v) is 11.5. The van der Waals surface area contributed by atoms with Gasteiger partial charge in [-0.05, 0) is 37.6 Å². The van der Waals surface area contributed by atoms with Gasteiger partial charge < -0.3 is 5.11 Å². The zero-order valence-electron chi connectivity index (χ0n) is 9.09.